The van der Waals surface area contributed by atoms with Crippen LogP contribution in [0.15, 0.2) is 90.1 Å². The summed E-state index contributed by atoms with van der Waals surface area (Å²) in [5.41, 5.74) is 4.18. The molecule has 0 aliphatic carbocycles. The number of hydrazone groups is 1. The molecule has 172 valence electrons. The Morgan fingerprint density at radius 1 is 1.09 bits per heavy atom. The molecule has 34 heavy (non-hydrogen) atoms. The summed E-state index contributed by atoms with van der Waals surface area (Å²) in [7, 11) is 1.56. The monoisotopic (exact) mass is 456 g/mol. The van der Waals surface area contributed by atoms with Crippen molar-refractivity contribution >= 4 is 23.4 Å². The first-order valence-corrected chi connectivity index (χ1v) is 10.9. The molecule has 1 aliphatic rings. The highest BCUT2D eigenvalue weighted by Gasteiger charge is 2.28. The fourth-order valence-corrected chi connectivity index (χ4v) is 3.77. The van der Waals surface area contributed by atoms with Crippen molar-refractivity contribution in [1.82, 2.24) is 0 Å². The van der Waals surface area contributed by atoms with Crippen molar-refractivity contribution in [3.05, 3.63) is 107 Å². The van der Waals surface area contributed by atoms with Crippen LogP contribution < -0.4 is 14.5 Å². The molecule has 3 aromatic rings. The number of amides is 1. The van der Waals surface area contributed by atoms with Crippen molar-refractivity contribution < 1.29 is 18.7 Å². The van der Waals surface area contributed by atoms with E-state index in [1.807, 2.05) is 49.4 Å². The lowest BCUT2D eigenvalue weighted by molar-refractivity contribution is -0.114. The molecule has 0 fully saturated rings. The Hall–Kier alpha value is -4.19. The van der Waals surface area contributed by atoms with E-state index < -0.39 is 0 Å². The summed E-state index contributed by atoms with van der Waals surface area (Å²) in [4.78, 5) is 13.1. The Balaban J connectivity index is 1.66. The minimum atomic E-state index is -0.316. The van der Waals surface area contributed by atoms with Gasteiger partial charge in [-0.15, -0.1) is 6.58 Å². The van der Waals surface area contributed by atoms with E-state index in [0.29, 0.717) is 40.5 Å². The Kier molecular flexibility index (Phi) is 6.87. The van der Waals surface area contributed by atoms with Crippen LogP contribution in [-0.2, 0) is 17.8 Å². The molecule has 0 N–H and O–H groups in total. The van der Waals surface area contributed by atoms with Gasteiger partial charge in [-0.05, 0) is 66.9 Å². The van der Waals surface area contributed by atoms with E-state index in [1.165, 1.54) is 17.1 Å². The van der Waals surface area contributed by atoms with Crippen molar-refractivity contribution in [1.29, 1.82) is 0 Å². The van der Waals surface area contributed by atoms with Crippen LogP contribution >= 0.6 is 0 Å². The fourth-order valence-electron chi connectivity index (χ4n) is 3.77. The number of para-hydroxylation sites is 1. The Bertz CT molecular complexity index is 1280. The summed E-state index contributed by atoms with van der Waals surface area (Å²) < 4.78 is 25.2. The molecule has 0 unspecified atom stereocenters. The molecule has 0 bridgehead atoms. The van der Waals surface area contributed by atoms with Crippen molar-refractivity contribution in [3.8, 4) is 11.5 Å². The van der Waals surface area contributed by atoms with Gasteiger partial charge in [-0.1, -0.05) is 36.4 Å². The normalized spacial score (nSPS) is 14.3. The van der Waals surface area contributed by atoms with Crippen LogP contribution in [0.1, 0.15) is 23.6 Å². The highest BCUT2D eigenvalue weighted by Crippen LogP contribution is 2.35. The molecule has 6 heteroatoms. The van der Waals surface area contributed by atoms with E-state index in [0.717, 1.165) is 11.1 Å². The van der Waals surface area contributed by atoms with Crippen LogP contribution in [0.25, 0.3) is 6.08 Å². The van der Waals surface area contributed by atoms with E-state index in [1.54, 1.807) is 31.4 Å². The zero-order chi connectivity index (χ0) is 24.1. The van der Waals surface area contributed by atoms with Gasteiger partial charge in [0.1, 0.15) is 12.4 Å². The second-order valence-electron chi connectivity index (χ2n) is 7.82. The summed E-state index contributed by atoms with van der Waals surface area (Å²) in [5.74, 6) is 0.564. The number of rotatable bonds is 8. The molecule has 1 aliphatic heterocycles. The first-order chi connectivity index (χ1) is 16.5. The summed E-state index contributed by atoms with van der Waals surface area (Å²) >= 11 is 0. The number of halogens is 1. The number of ether oxygens (including phenoxy) is 2. The molecule has 0 atom stereocenters. The van der Waals surface area contributed by atoms with E-state index in [9.17, 15) is 9.18 Å². The maximum absolute atomic E-state index is 13.5. The average molecular weight is 457 g/mol. The lowest BCUT2D eigenvalue weighted by Crippen LogP contribution is -2.21. The third kappa shape index (κ3) is 4.91. The predicted molar refractivity (Wildman–Crippen MR) is 133 cm³/mol. The molecule has 0 saturated heterocycles. The molecule has 0 saturated carbocycles. The van der Waals surface area contributed by atoms with Crippen molar-refractivity contribution in [2.45, 2.75) is 20.0 Å². The summed E-state index contributed by atoms with van der Waals surface area (Å²) in [6, 6.07) is 19.3. The van der Waals surface area contributed by atoms with Crippen LogP contribution in [0.2, 0.25) is 0 Å². The van der Waals surface area contributed by atoms with Crippen molar-refractivity contribution in [2.24, 2.45) is 5.10 Å². The minimum Gasteiger partial charge on any atom is -0.493 e. The molecule has 0 spiro atoms. The quantitative estimate of drug-likeness (QED) is 0.311. The minimum absolute atomic E-state index is 0.189. The van der Waals surface area contributed by atoms with Gasteiger partial charge in [0.2, 0.25) is 0 Å². The van der Waals surface area contributed by atoms with Crippen LogP contribution in [0, 0.1) is 5.82 Å². The number of methoxy groups -OCH3 is 1. The largest absolute Gasteiger partial charge is 0.493 e. The molecular weight excluding hydrogens is 431 g/mol. The highest BCUT2D eigenvalue weighted by molar-refractivity contribution is 6.32. The van der Waals surface area contributed by atoms with Gasteiger partial charge in [0.05, 0.1) is 24.1 Å². The number of carbonyl (C=O) groups excluding carboxylic acids is 1. The number of hydrogen-bond acceptors (Lipinski definition) is 4. The summed E-state index contributed by atoms with van der Waals surface area (Å²) in [5, 5.41) is 5.84. The summed E-state index contributed by atoms with van der Waals surface area (Å²) in [6.07, 6.45) is 4.10. The van der Waals surface area contributed by atoms with Gasteiger partial charge in [-0.25, -0.2) is 4.39 Å². The molecule has 5 nitrogen and oxygen atoms in total. The molecular formula is C28H25FN2O3. The molecule has 1 amide bonds. The number of anilines is 1. The van der Waals surface area contributed by atoms with E-state index in [2.05, 4.69) is 11.7 Å². The molecule has 3 aromatic carbocycles. The second kappa shape index (κ2) is 10.2. The third-order valence-corrected chi connectivity index (χ3v) is 5.38. The maximum Gasteiger partial charge on any atom is 0.280 e. The summed E-state index contributed by atoms with van der Waals surface area (Å²) in [6.45, 7) is 5.84. The molecule has 0 aromatic heterocycles. The molecule has 1 heterocycles. The third-order valence-electron chi connectivity index (χ3n) is 5.38. The van der Waals surface area contributed by atoms with Crippen LogP contribution in [0.5, 0.6) is 11.5 Å². The van der Waals surface area contributed by atoms with Gasteiger partial charge in [-0.3, -0.25) is 4.79 Å². The van der Waals surface area contributed by atoms with Crippen molar-refractivity contribution in [2.75, 3.05) is 12.1 Å². The van der Waals surface area contributed by atoms with Gasteiger partial charge in [0, 0.05) is 5.56 Å². The number of carbonyl (C=O) groups is 1. The van der Waals surface area contributed by atoms with E-state index in [-0.39, 0.29) is 18.3 Å². The Labute approximate surface area is 198 Å². The smallest absolute Gasteiger partial charge is 0.280 e. The lowest BCUT2D eigenvalue weighted by Gasteiger charge is -2.16. The number of benzene rings is 3. The number of hydrogen-bond donors (Lipinski definition) is 0. The van der Waals surface area contributed by atoms with Crippen LogP contribution in [0.3, 0.4) is 0 Å². The average Bonchev–Trinajstić information content (AvgIpc) is 3.12. The first-order valence-electron chi connectivity index (χ1n) is 10.9. The van der Waals surface area contributed by atoms with Gasteiger partial charge < -0.3 is 9.47 Å². The van der Waals surface area contributed by atoms with E-state index >= 15 is 0 Å². The zero-order valence-electron chi connectivity index (χ0n) is 19.1. The SMILES string of the molecule is C=CCc1cc(/C=C2/C(=O)N(c3ccccc3)N=C2C)cc(OC)c1OCc1cccc(F)c1. The highest BCUT2D eigenvalue weighted by atomic mass is 19.1. The second-order valence-corrected chi connectivity index (χ2v) is 7.82. The number of nitrogens with zero attached hydrogens (tertiary/aromatic N) is 2. The Morgan fingerprint density at radius 2 is 1.88 bits per heavy atom. The van der Waals surface area contributed by atoms with Gasteiger partial charge in [-0.2, -0.15) is 10.1 Å². The van der Waals surface area contributed by atoms with Gasteiger partial charge >= 0.3 is 0 Å². The maximum atomic E-state index is 13.5. The molecule has 4 rings (SSSR count). The topological polar surface area (TPSA) is 51.1 Å². The Morgan fingerprint density at radius 3 is 2.59 bits per heavy atom. The fraction of sp³-hybridized carbons (Fsp3) is 0.143. The predicted octanol–water partition coefficient (Wildman–Crippen LogP) is 5.95. The first kappa shape index (κ1) is 23.0. The molecule has 0 radical (unpaired) electrons. The van der Waals surface area contributed by atoms with Crippen LogP contribution in [-0.4, -0.2) is 18.7 Å². The van der Waals surface area contributed by atoms with Gasteiger partial charge in [0.15, 0.2) is 11.5 Å². The van der Waals surface area contributed by atoms with Crippen molar-refractivity contribution in [3.63, 3.8) is 0 Å². The van der Waals surface area contributed by atoms with Crippen LogP contribution in [0.4, 0.5) is 10.1 Å². The van der Waals surface area contributed by atoms with Gasteiger partial charge in [0.25, 0.3) is 5.91 Å². The standard InChI is InChI=1S/C28H25FN2O3/c1-4-9-22-14-21(16-25-19(2)30-31(28(25)32)24-12-6-5-7-13-24)17-26(33-3)27(22)34-18-20-10-8-11-23(29)15-20/h4-8,10-17H,1,9,18H2,2-3H3/b25-16+. The van der Waals surface area contributed by atoms with E-state index in [4.69, 9.17) is 9.47 Å². The zero-order valence-corrected chi connectivity index (χ0v) is 19.1. The lowest BCUT2D eigenvalue weighted by atomic mass is 10.0. The number of allylic oxidation sites excluding steroid dienone is 1.